The highest BCUT2D eigenvalue weighted by molar-refractivity contribution is 8.00. The predicted octanol–water partition coefficient (Wildman–Crippen LogP) is 7.41. The van der Waals surface area contributed by atoms with Crippen LogP contribution in [0, 0.1) is 10.8 Å². The number of aliphatic hydroxyl groups excluding tert-OH is 2. The molecule has 0 bridgehead atoms. The first-order chi connectivity index (χ1) is 16.2. The van der Waals surface area contributed by atoms with Gasteiger partial charge in [-0.2, -0.15) is 11.8 Å². The fourth-order valence-corrected chi connectivity index (χ4v) is 8.86. The van der Waals surface area contributed by atoms with Crippen molar-refractivity contribution in [3.63, 3.8) is 0 Å². The van der Waals surface area contributed by atoms with Gasteiger partial charge in [-0.15, -0.1) is 0 Å². The molecule has 6 atom stereocenters. The molecule has 200 valence electrons. The van der Waals surface area contributed by atoms with Gasteiger partial charge in [0.2, 0.25) is 0 Å². The topological polar surface area (TPSA) is 57.5 Å². The molecule has 0 spiro atoms. The van der Waals surface area contributed by atoms with Crippen molar-refractivity contribution >= 4 is 22.6 Å². The lowest BCUT2D eigenvalue weighted by molar-refractivity contribution is 0.125. The summed E-state index contributed by atoms with van der Waals surface area (Å²) in [4.78, 5) is 0. The number of hydrogen-bond acceptors (Lipinski definition) is 4. The van der Waals surface area contributed by atoms with Crippen LogP contribution in [0.2, 0.25) is 0 Å². The minimum Gasteiger partial charge on any atom is -0.396 e. The van der Waals surface area contributed by atoms with Crippen LogP contribution in [0.1, 0.15) is 124 Å². The van der Waals surface area contributed by atoms with E-state index in [0.29, 0.717) is 17.1 Å². The van der Waals surface area contributed by atoms with E-state index in [1.54, 1.807) is 0 Å². The van der Waals surface area contributed by atoms with Crippen molar-refractivity contribution in [3.05, 3.63) is 12.2 Å². The van der Waals surface area contributed by atoms with Crippen molar-refractivity contribution < 1.29 is 14.4 Å². The maximum atomic E-state index is 13.2. The first kappa shape index (κ1) is 30.4. The Hall–Kier alpha value is 0.160. The minimum atomic E-state index is -0.738. The molecule has 2 saturated heterocycles. The van der Waals surface area contributed by atoms with Gasteiger partial charge in [0.1, 0.15) is 0 Å². The van der Waals surface area contributed by atoms with Crippen LogP contribution in [-0.4, -0.2) is 48.6 Å². The van der Waals surface area contributed by atoms with Crippen molar-refractivity contribution in [3.8, 4) is 0 Å². The molecule has 0 aromatic heterocycles. The van der Waals surface area contributed by atoms with Gasteiger partial charge in [0.05, 0.1) is 5.25 Å². The Bertz CT molecular complexity index is 614. The zero-order valence-corrected chi connectivity index (χ0v) is 24.2. The molecule has 0 aromatic carbocycles. The van der Waals surface area contributed by atoms with Crippen LogP contribution >= 0.6 is 11.8 Å². The van der Waals surface area contributed by atoms with Gasteiger partial charge in [-0.3, -0.25) is 4.21 Å². The monoisotopic (exact) mass is 514 g/mol. The molecule has 0 saturated carbocycles. The molecule has 2 rings (SSSR count). The van der Waals surface area contributed by atoms with Gasteiger partial charge in [-0.25, -0.2) is 0 Å². The molecule has 3 nitrogen and oxygen atoms in total. The second-order valence-electron chi connectivity index (χ2n) is 12.2. The Morgan fingerprint density at radius 3 is 2.29 bits per heavy atom. The fraction of sp³-hybridized carbons (Fsp3) is 0.931. The van der Waals surface area contributed by atoms with E-state index in [0.717, 1.165) is 56.6 Å². The molecule has 2 heterocycles. The third-order valence-corrected chi connectivity index (χ3v) is 12.1. The molecule has 6 unspecified atom stereocenters. The average Bonchev–Trinajstić information content (AvgIpc) is 2.84. The van der Waals surface area contributed by atoms with Gasteiger partial charge in [0.25, 0.3) is 0 Å². The lowest BCUT2D eigenvalue weighted by Gasteiger charge is -2.30. The van der Waals surface area contributed by atoms with E-state index in [9.17, 15) is 14.4 Å². The molecule has 2 fully saturated rings. The molecule has 2 N–H and O–H groups in total. The number of thioether (sulfide) groups is 1. The van der Waals surface area contributed by atoms with E-state index in [2.05, 4.69) is 51.6 Å². The highest BCUT2D eigenvalue weighted by Gasteiger charge is 2.29. The summed E-state index contributed by atoms with van der Waals surface area (Å²) in [6.45, 7) is 9.20. The maximum Gasteiger partial charge on any atom is 0.0530 e. The van der Waals surface area contributed by atoms with Crippen molar-refractivity contribution in [2.75, 3.05) is 13.2 Å². The van der Waals surface area contributed by atoms with Crippen molar-refractivity contribution in [1.82, 2.24) is 0 Å². The molecule has 0 amide bonds. The maximum absolute atomic E-state index is 13.2. The Labute approximate surface area is 217 Å². The van der Waals surface area contributed by atoms with E-state index >= 15 is 0 Å². The molecule has 2 aliphatic rings. The van der Waals surface area contributed by atoms with Crippen LogP contribution in [0.4, 0.5) is 0 Å². The molecule has 34 heavy (non-hydrogen) atoms. The van der Waals surface area contributed by atoms with Crippen molar-refractivity contribution in [2.24, 2.45) is 10.8 Å². The summed E-state index contributed by atoms with van der Waals surface area (Å²) >= 11 is 2.16. The normalized spacial score (nSPS) is 30.5. The van der Waals surface area contributed by atoms with Gasteiger partial charge >= 0.3 is 0 Å². The highest BCUT2D eigenvalue weighted by atomic mass is 32.2. The van der Waals surface area contributed by atoms with Crippen LogP contribution in [0.25, 0.3) is 0 Å². The van der Waals surface area contributed by atoms with Crippen LogP contribution < -0.4 is 0 Å². The van der Waals surface area contributed by atoms with Crippen molar-refractivity contribution in [2.45, 2.75) is 145 Å². The molecule has 0 aromatic rings. The first-order valence-corrected chi connectivity index (χ1v) is 16.4. The van der Waals surface area contributed by atoms with Gasteiger partial charge < -0.3 is 10.2 Å². The van der Waals surface area contributed by atoms with E-state index in [-0.39, 0.29) is 22.7 Å². The molecule has 2 aliphatic heterocycles. The van der Waals surface area contributed by atoms with E-state index < -0.39 is 10.8 Å². The van der Waals surface area contributed by atoms with E-state index in [1.165, 1.54) is 44.9 Å². The predicted molar refractivity (Wildman–Crippen MR) is 151 cm³/mol. The average molecular weight is 515 g/mol. The summed E-state index contributed by atoms with van der Waals surface area (Å²) in [5.74, 6) is 0. The molecular weight excluding hydrogens is 460 g/mol. The van der Waals surface area contributed by atoms with Gasteiger partial charge in [0, 0.05) is 39.8 Å². The summed E-state index contributed by atoms with van der Waals surface area (Å²) in [7, 11) is -0.738. The van der Waals surface area contributed by atoms with Crippen LogP contribution in [0.3, 0.4) is 0 Å². The van der Waals surface area contributed by atoms with E-state index in [4.69, 9.17) is 0 Å². The summed E-state index contributed by atoms with van der Waals surface area (Å²) in [5.41, 5.74) is 0.122. The van der Waals surface area contributed by atoms with Gasteiger partial charge in [0.15, 0.2) is 0 Å². The Morgan fingerprint density at radius 2 is 1.59 bits per heavy atom. The quantitative estimate of drug-likeness (QED) is 0.176. The second kappa shape index (κ2) is 15.4. The molecule has 5 heteroatoms. The Balaban J connectivity index is 1.72. The first-order valence-electron chi connectivity index (χ1n) is 14.2. The summed E-state index contributed by atoms with van der Waals surface area (Å²) in [6, 6.07) is 0. The van der Waals surface area contributed by atoms with Crippen LogP contribution in [-0.2, 0) is 10.8 Å². The molecule has 0 radical (unpaired) electrons. The second-order valence-corrected chi connectivity index (χ2v) is 15.6. The van der Waals surface area contributed by atoms with Crippen LogP contribution in [0.15, 0.2) is 12.2 Å². The fourth-order valence-electron chi connectivity index (χ4n) is 5.34. The summed E-state index contributed by atoms with van der Waals surface area (Å²) < 4.78 is 13.2. The largest absolute Gasteiger partial charge is 0.396 e. The third-order valence-electron chi connectivity index (χ3n) is 8.41. The zero-order valence-electron chi connectivity index (χ0n) is 22.6. The van der Waals surface area contributed by atoms with Gasteiger partial charge in [-0.1, -0.05) is 78.4 Å². The highest BCUT2D eigenvalue weighted by Crippen LogP contribution is 2.37. The molecular formula is C29H54O3S2. The summed E-state index contributed by atoms with van der Waals surface area (Å²) in [5, 5.41) is 21.0. The lowest BCUT2D eigenvalue weighted by atomic mass is 9.83. The standard InChI is InChI=1S/C29H54O3S2/c1-5-29(4,23-31)21-9-6-12-24-13-10-14-25(33-24)18-19-27-17-11-16-26(34(27)32)15-7-8-20-28(2,3)22-30/h18-19,24-27,30-31H,5-17,20-23H2,1-4H3/b19-18-. The molecule has 0 aliphatic carbocycles. The minimum absolute atomic E-state index is 0.0159. The van der Waals surface area contributed by atoms with E-state index in [1.807, 2.05) is 0 Å². The zero-order chi connectivity index (χ0) is 25.0. The Morgan fingerprint density at radius 1 is 0.882 bits per heavy atom. The van der Waals surface area contributed by atoms with Gasteiger partial charge in [-0.05, 0) is 68.6 Å². The number of hydrogen-bond donors (Lipinski definition) is 2. The summed E-state index contributed by atoms with van der Waals surface area (Å²) in [6.07, 6.45) is 22.4. The number of rotatable bonds is 15. The van der Waals surface area contributed by atoms with Crippen molar-refractivity contribution in [1.29, 1.82) is 0 Å². The number of aliphatic hydroxyl groups is 2. The SMILES string of the molecule is CCC(C)(CO)CCCCC1CCCC(/C=C\C2CCCC(CCCCC(C)(C)CO)S2=O)S1. The lowest BCUT2D eigenvalue weighted by Crippen LogP contribution is -2.30. The number of unbranched alkanes of at least 4 members (excludes halogenated alkanes) is 2. The smallest absolute Gasteiger partial charge is 0.0530 e. The Kier molecular flexibility index (Phi) is 13.8. The van der Waals surface area contributed by atoms with Crippen LogP contribution in [0.5, 0.6) is 0 Å². The third kappa shape index (κ3) is 10.6.